The predicted octanol–water partition coefficient (Wildman–Crippen LogP) is 2.60. The van der Waals surface area contributed by atoms with Crippen LogP contribution in [0.15, 0.2) is 48.7 Å². The van der Waals surface area contributed by atoms with Gasteiger partial charge in [0.1, 0.15) is 0 Å². The van der Waals surface area contributed by atoms with E-state index in [4.69, 9.17) is 6.58 Å². The second-order valence-corrected chi connectivity index (χ2v) is 2.06. The summed E-state index contributed by atoms with van der Waals surface area (Å²) in [5, 5.41) is 3.05. The van der Waals surface area contributed by atoms with Crippen LogP contribution in [0.1, 0.15) is 0 Å². The van der Waals surface area contributed by atoms with Crippen molar-refractivity contribution in [3.05, 3.63) is 55.3 Å². The maximum Gasteiger partial charge on any atom is 0.0379 e. The Bertz CT molecular complexity index is 236. The smallest absolute Gasteiger partial charge is 0.0379 e. The average molecular weight is 144 g/mol. The first kappa shape index (κ1) is 7.61. The van der Waals surface area contributed by atoms with Gasteiger partial charge in [-0.15, -0.1) is 0 Å². The number of hydrogen-bond acceptors (Lipinski definition) is 1. The lowest BCUT2D eigenvalue weighted by atomic mass is 10.3. The lowest BCUT2D eigenvalue weighted by Gasteiger charge is -1.96. The minimum atomic E-state index is 1.06. The first-order chi connectivity index (χ1) is 5.43. The molecule has 0 saturated heterocycles. The van der Waals surface area contributed by atoms with Crippen LogP contribution < -0.4 is 5.32 Å². The molecule has 1 heteroatoms. The molecule has 0 unspecified atom stereocenters. The van der Waals surface area contributed by atoms with E-state index in [0.717, 1.165) is 5.69 Å². The normalized spacial score (nSPS) is 9.82. The third-order valence-electron chi connectivity index (χ3n) is 1.23. The number of anilines is 1. The highest BCUT2D eigenvalue weighted by molar-refractivity contribution is 5.44. The van der Waals surface area contributed by atoms with Crippen LogP contribution in [0.3, 0.4) is 0 Å². The number of benzene rings is 1. The van der Waals surface area contributed by atoms with Crippen molar-refractivity contribution in [1.82, 2.24) is 0 Å². The molecular weight excluding hydrogens is 134 g/mol. The van der Waals surface area contributed by atoms with E-state index in [-0.39, 0.29) is 0 Å². The van der Waals surface area contributed by atoms with E-state index in [1.807, 2.05) is 30.3 Å². The molecule has 1 N–H and O–H groups in total. The molecule has 0 heterocycles. The van der Waals surface area contributed by atoms with E-state index in [9.17, 15) is 0 Å². The number of nitrogens with one attached hydrogen (secondary N) is 1. The molecule has 0 atom stereocenters. The van der Waals surface area contributed by atoms with Crippen LogP contribution in [0.4, 0.5) is 5.69 Å². The summed E-state index contributed by atoms with van der Waals surface area (Å²) < 4.78 is 0. The van der Waals surface area contributed by atoms with Crippen molar-refractivity contribution >= 4 is 5.69 Å². The summed E-state index contributed by atoms with van der Waals surface area (Å²) in [6.45, 7) is 5.14. The zero-order valence-electron chi connectivity index (χ0n) is 6.20. The summed E-state index contributed by atoms with van der Waals surface area (Å²) in [4.78, 5) is 0. The third-order valence-corrected chi connectivity index (χ3v) is 1.23. The van der Waals surface area contributed by atoms with Gasteiger partial charge in [0.25, 0.3) is 0 Å². The van der Waals surface area contributed by atoms with E-state index in [1.54, 1.807) is 12.3 Å². The lowest BCUT2D eigenvalue weighted by molar-refractivity contribution is 1.58. The standard InChI is InChI=1S/C10H10N/c1-2-3-9-11-10-7-5-4-6-8-10/h1-9,11H/b2-1?,9-3+. The molecule has 0 spiro atoms. The SMILES string of the molecule is [CH]=C/C=C/Nc1ccccc1. The van der Waals surface area contributed by atoms with Crippen LogP contribution in [0.5, 0.6) is 0 Å². The molecule has 1 radical (unpaired) electrons. The molecular formula is C10H10N. The lowest BCUT2D eigenvalue weighted by Crippen LogP contribution is -1.84. The molecule has 1 nitrogen and oxygen atoms in total. The highest BCUT2D eigenvalue weighted by Gasteiger charge is 1.80. The van der Waals surface area contributed by atoms with Crippen molar-refractivity contribution in [3.8, 4) is 0 Å². The third kappa shape index (κ3) is 2.72. The van der Waals surface area contributed by atoms with E-state index in [1.165, 1.54) is 6.08 Å². The Morgan fingerprint density at radius 1 is 1.18 bits per heavy atom. The first-order valence-electron chi connectivity index (χ1n) is 3.45. The molecule has 1 aromatic carbocycles. The maximum atomic E-state index is 5.14. The quantitative estimate of drug-likeness (QED) is 0.643. The number of rotatable bonds is 3. The number of hydrogen-bond donors (Lipinski definition) is 1. The molecule has 0 fully saturated rings. The van der Waals surface area contributed by atoms with Crippen LogP contribution in [0.2, 0.25) is 0 Å². The molecule has 0 aliphatic rings. The van der Waals surface area contributed by atoms with Crippen molar-refractivity contribution in [2.45, 2.75) is 0 Å². The molecule has 1 aromatic rings. The van der Waals surface area contributed by atoms with Gasteiger partial charge < -0.3 is 5.32 Å². The Morgan fingerprint density at radius 3 is 2.55 bits per heavy atom. The van der Waals surface area contributed by atoms with Crippen molar-refractivity contribution in [2.75, 3.05) is 5.32 Å². The van der Waals surface area contributed by atoms with Gasteiger partial charge in [-0.3, -0.25) is 0 Å². The molecule has 0 saturated carbocycles. The number of allylic oxidation sites excluding steroid dienone is 2. The Hall–Kier alpha value is -1.50. The zero-order chi connectivity index (χ0) is 7.94. The number of para-hydroxylation sites is 1. The largest absolute Gasteiger partial charge is 0.362 e. The van der Waals surface area contributed by atoms with Gasteiger partial charge >= 0.3 is 0 Å². The second-order valence-electron chi connectivity index (χ2n) is 2.06. The molecule has 1 rings (SSSR count). The molecule has 55 valence electrons. The molecule has 0 bridgehead atoms. The average Bonchev–Trinajstić information content (AvgIpc) is 2.07. The first-order valence-corrected chi connectivity index (χ1v) is 3.45. The summed E-state index contributed by atoms with van der Waals surface area (Å²) in [7, 11) is 0. The Kier molecular flexibility index (Phi) is 3.00. The van der Waals surface area contributed by atoms with E-state index in [0.29, 0.717) is 0 Å². The van der Waals surface area contributed by atoms with Gasteiger partial charge in [-0.1, -0.05) is 30.9 Å². The monoisotopic (exact) mass is 144 g/mol. The van der Waals surface area contributed by atoms with Gasteiger partial charge in [-0.25, -0.2) is 0 Å². The van der Waals surface area contributed by atoms with Crippen LogP contribution in [0, 0.1) is 6.58 Å². The van der Waals surface area contributed by atoms with Crippen molar-refractivity contribution in [3.63, 3.8) is 0 Å². The fourth-order valence-electron chi connectivity index (χ4n) is 0.734. The summed E-state index contributed by atoms with van der Waals surface area (Å²) in [5.41, 5.74) is 1.06. The molecule has 11 heavy (non-hydrogen) atoms. The minimum absolute atomic E-state index is 1.06. The Morgan fingerprint density at radius 2 is 1.91 bits per heavy atom. The zero-order valence-corrected chi connectivity index (χ0v) is 6.20. The van der Waals surface area contributed by atoms with Crippen molar-refractivity contribution in [2.24, 2.45) is 0 Å². The van der Waals surface area contributed by atoms with Crippen LogP contribution in [0.25, 0.3) is 0 Å². The highest BCUT2D eigenvalue weighted by atomic mass is 14.8. The van der Waals surface area contributed by atoms with Gasteiger partial charge in [0.05, 0.1) is 0 Å². The van der Waals surface area contributed by atoms with Gasteiger partial charge in [0.15, 0.2) is 0 Å². The van der Waals surface area contributed by atoms with Crippen LogP contribution in [-0.2, 0) is 0 Å². The molecule has 0 aliphatic carbocycles. The Balaban J connectivity index is 2.51. The molecule has 0 amide bonds. The van der Waals surface area contributed by atoms with E-state index >= 15 is 0 Å². The maximum absolute atomic E-state index is 5.14. The van der Waals surface area contributed by atoms with Crippen LogP contribution >= 0.6 is 0 Å². The van der Waals surface area contributed by atoms with E-state index < -0.39 is 0 Å². The Labute approximate surface area is 67.1 Å². The summed E-state index contributed by atoms with van der Waals surface area (Å²) in [6.07, 6.45) is 5.01. The molecule has 0 aliphatic heterocycles. The summed E-state index contributed by atoms with van der Waals surface area (Å²) in [6, 6.07) is 9.90. The minimum Gasteiger partial charge on any atom is -0.362 e. The van der Waals surface area contributed by atoms with Crippen molar-refractivity contribution < 1.29 is 0 Å². The topological polar surface area (TPSA) is 12.0 Å². The summed E-state index contributed by atoms with van der Waals surface area (Å²) >= 11 is 0. The highest BCUT2D eigenvalue weighted by Crippen LogP contribution is 2.03. The van der Waals surface area contributed by atoms with Gasteiger partial charge in [-0.2, -0.15) is 0 Å². The fourth-order valence-corrected chi connectivity index (χ4v) is 0.734. The fraction of sp³-hybridized carbons (Fsp3) is 0. The molecule has 0 aromatic heterocycles. The summed E-state index contributed by atoms with van der Waals surface area (Å²) in [5.74, 6) is 0. The second kappa shape index (κ2) is 4.34. The van der Waals surface area contributed by atoms with Gasteiger partial charge in [0.2, 0.25) is 0 Å². The predicted molar refractivity (Wildman–Crippen MR) is 48.1 cm³/mol. The van der Waals surface area contributed by atoms with Gasteiger partial charge in [0, 0.05) is 11.9 Å². The van der Waals surface area contributed by atoms with Crippen LogP contribution in [-0.4, -0.2) is 0 Å². The van der Waals surface area contributed by atoms with Gasteiger partial charge in [-0.05, 0) is 18.2 Å². The van der Waals surface area contributed by atoms with E-state index in [2.05, 4.69) is 5.32 Å². The van der Waals surface area contributed by atoms with Crippen molar-refractivity contribution in [1.29, 1.82) is 0 Å².